The molecule has 0 radical (unpaired) electrons. The Morgan fingerprint density at radius 3 is 1.97 bits per heavy atom. The summed E-state index contributed by atoms with van der Waals surface area (Å²) in [5, 5.41) is 12.5. The van der Waals surface area contributed by atoms with E-state index in [2.05, 4.69) is 5.32 Å². The summed E-state index contributed by atoms with van der Waals surface area (Å²) in [6.45, 7) is 13.6. The first-order valence-corrected chi connectivity index (χ1v) is 11.4. The highest BCUT2D eigenvalue weighted by Crippen LogP contribution is 2.33. The fraction of sp³-hybridized carbons (Fsp3) is 0.600. The maximum atomic E-state index is 12.5. The third-order valence-electron chi connectivity index (χ3n) is 4.59. The topological polar surface area (TPSA) is 137 Å². The lowest BCUT2D eigenvalue weighted by atomic mass is 9.97. The van der Waals surface area contributed by atoms with E-state index in [9.17, 15) is 24.3 Å². The Morgan fingerprint density at radius 2 is 1.49 bits per heavy atom. The molecule has 0 amide bonds. The van der Waals surface area contributed by atoms with E-state index in [0.29, 0.717) is 5.56 Å². The molecule has 35 heavy (non-hydrogen) atoms. The maximum Gasteiger partial charge on any atom is 0.508 e. The van der Waals surface area contributed by atoms with Crippen LogP contribution in [0.2, 0.25) is 0 Å². The molecule has 10 heteroatoms. The molecule has 2 atom stereocenters. The first-order valence-electron chi connectivity index (χ1n) is 11.4. The van der Waals surface area contributed by atoms with E-state index in [4.69, 9.17) is 18.9 Å². The van der Waals surface area contributed by atoms with Crippen molar-refractivity contribution in [2.45, 2.75) is 74.0 Å². The Labute approximate surface area is 206 Å². The van der Waals surface area contributed by atoms with Gasteiger partial charge in [-0.2, -0.15) is 0 Å². The second kappa shape index (κ2) is 12.5. The molecule has 0 aliphatic carbocycles. The quantitative estimate of drug-likeness (QED) is 0.365. The summed E-state index contributed by atoms with van der Waals surface area (Å²) < 4.78 is 20.7. The van der Waals surface area contributed by atoms with Gasteiger partial charge in [0, 0.05) is 6.54 Å². The molecule has 0 bridgehead atoms. The van der Waals surface area contributed by atoms with Crippen LogP contribution < -0.4 is 14.8 Å². The number of hydrogen-bond donors (Lipinski definition) is 2. The molecule has 0 aliphatic rings. The van der Waals surface area contributed by atoms with Gasteiger partial charge >= 0.3 is 24.1 Å². The van der Waals surface area contributed by atoms with Gasteiger partial charge in [-0.15, -0.1) is 0 Å². The molecule has 1 unspecified atom stereocenters. The van der Waals surface area contributed by atoms with Crippen molar-refractivity contribution < 1.29 is 43.2 Å². The fourth-order valence-electron chi connectivity index (χ4n) is 2.50. The number of carbonyl (C=O) groups excluding carboxylic acids is 3. The van der Waals surface area contributed by atoms with Gasteiger partial charge in [0.1, 0.15) is 12.1 Å². The lowest BCUT2D eigenvalue weighted by molar-refractivity contribution is -0.145. The van der Waals surface area contributed by atoms with Crippen LogP contribution in [0.4, 0.5) is 4.79 Å². The first kappa shape index (κ1) is 29.9. The molecule has 10 nitrogen and oxygen atoms in total. The molecule has 1 rings (SSSR count). The average molecular weight is 496 g/mol. The summed E-state index contributed by atoms with van der Waals surface area (Å²) >= 11 is 0. The molecular formula is C25H37NO9. The highest BCUT2D eigenvalue weighted by Gasteiger charge is 2.29. The number of esters is 2. The fourth-order valence-corrected chi connectivity index (χ4v) is 2.50. The van der Waals surface area contributed by atoms with Crippen LogP contribution in [0.15, 0.2) is 18.2 Å². The molecule has 2 N–H and O–H groups in total. The van der Waals surface area contributed by atoms with Crippen molar-refractivity contribution >= 4 is 24.1 Å². The van der Waals surface area contributed by atoms with Crippen LogP contribution in [0.5, 0.6) is 11.5 Å². The van der Waals surface area contributed by atoms with E-state index in [1.54, 1.807) is 61.5 Å². The Bertz CT molecular complexity index is 912. The smallest absolute Gasteiger partial charge is 0.480 e. The predicted octanol–water partition coefficient (Wildman–Crippen LogP) is 3.74. The van der Waals surface area contributed by atoms with E-state index in [-0.39, 0.29) is 31.1 Å². The average Bonchev–Trinajstić information content (AvgIpc) is 2.71. The summed E-state index contributed by atoms with van der Waals surface area (Å²) in [6.07, 6.45) is -1.44. The van der Waals surface area contributed by atoms with Crippen LogP contribution in [0.3, 0.4) is 0 Å². The number of rotatable bonds is 10. The van der Waals surface area contributed by atoms with Crippen molar-refractivity contribution in [2.75, 3.05) is 13.2 Å². The Kier molecular flexibility index (Phi) is 10.7. The molecule has 196 valence electrons. The number of hydrogen-bond acceptors (Lipinski definition) is 9. The van der Waals surface area contributed by atoms with Gasteiger partial charge in [-0.3, -0.25) is 14.4 Å². The van der Waals surface area contributed by atoms with Gasteiger partial charge in [-0.05, 0) is 79.5 Å². The van der Waals surface area contributed by atoms with Gasteiger partial charge in [0.15, 0.2) is 11.5 Å². The van der Waals surface area contributed by atoms with Crippen molar-refractivity contribution in [3.8, 4) is 11.5 Å². The Balaban J connectivity index is 3.09. The zero-order valence-electron chi connectivity index (χ0n) is 21.7. The van der Waals surface area contributed by atoms with Crippen molar-refractivity contribution in [1.29, 1.82) is 0 Å². The Morgan fingerprint density at radius 1 is 0.943 bits per heavy atom. The zero-order valence-corrected chi connectivity index (χ0v) is 21.7. The predicted molar refractivity (Wildman–Crippen MR) is 127 cm³/mol. The van der Waals surface area contributed by atoms with Crippen LogP contribution in [-0.2, 0) is 30.3 Å². The minimum atomic E-state index is -1.12. The maximum absolute atomic E-state index is 12.5. The molecular weight excluding hydrogens is 458 g/mol. The largest absolute Gasteiger partial charge is 0.508 e. The van der Waals surface area contributed by atoms with Crippen molar-refractivity contribution in [1.82, 2.24) is 5.32 Å². The summed E-state index contributed by atoms with van der Waals surface area (Å²) in [7, 11) is 0. The third kappa shape index (κ3) is 10.3. The number of benzene rings is 1. The van der Waals surface area contributed by atoms with Crippen LogP contribution in [0, 0.1) is 10.8 Å². The van der Waals surface area contributed by atoms with Gasteiger partial charge in [-0.25, -0.2) is 4.79 Å². The second-order valence-electron chi connectivity index (χ2n) is 10.2. The van der Waals surface area contributed by atoms with E-state index in [0.717, 1.165) is 0 Å². The van der Waals surface area contributed by atoms with Crippen LogP contribution >= 0.6 is 0 Å². The van der Waals surface area contributed by atoms with Crippen molar-refractivity contribution in [2.24, 2.45) is 10.8 Å². The Hall–Kier alpha value is -3.14. The minimum Gasteiger partial charge on any atom is -0.480 e. The standard InChI is InChI=1S/C25H37NO9/c1-9-32-23(31)33-15(2)14-26-17(20(27)28)12-16-10-11-18(34-21(29)24(3,4)5)19(13-16)35-22(30)25(6,7)8/h10-11,13,15,17,26H,9,12,14H2,1-8H3,(H,27,28)/t15?,17-/m0/s1. The molecule has 1 aromatic rings. The van der Waals surface area contributed by atoms with Crippen LogP contribution in [0.25, 0.3) is 0 Å². The van der Waals surface area contributed by atoms with Gasteiger partial charge in [-0.1, -0.05) is 6.07 Å². The summed E-state index contributed by atoms with van der Waals surface area (Å²) in [6, 6.07) is 3.51. The van der Waals surface area contributed by atoms with Crippen LogP contribution in [-0.4, -0.2) is 54.5 Å². The lowest BCUT2D eigenvalue weighted by Crippen LogP contribution is -2.42. The number of nitrogens with one attached hydrogen (secondary N) is 1. The number of carboxylic acid groups (broad SMARTS) is 1. The van der Waals surface area contributed by atoms with Crippen molar-refractivity contribution in [3.63, 3.8) is 0 Å². The van der Waals surface area contributed by atoms with E-state index >= 15 is 0 Å². The van der Waals surface area contributed by atoms with Gasteiger partial charge in [0.25, 0.3) is 0 Å². The number of carboxylic acids is 1. The summed E-state index contributed by atoms with van der Waals surface area (Å²) in [4.78, 5) is 48.1. The van der Waals surface area contributed by atoms with Gasteiger partial charge in [0.2, 0.25) is 0 Å². The van der Waals surface area contributed by atoms with E-state index < -0.39 is 47.0 Å². The van der Waals surface area contributed by atoms with Gasteiger partial charge in [0.05, 0.1) is 17.4 Å². The summed E-state index contributed by atoms with van der Waals surface area (Å²) in [5.74, 6) is -2.10. The SMILES string of the molecule is CCOC(=O)OC(C)CN[C@@H](Cc1ccc(OC(=O)C(C)(C)C)c(OC(=O)C(C)(C)C)c1)C(=O)O. The molecule has 1 aromatic carbocycles. The monoisotopic (exact) mass is 495 g/mol. The normalized spacial score (nSPS) is 13.4. The highest BCUT2D eigenvalue weighted by atomic mass is 16.7. The van der Waals surface area contributed by atoms with Gasteiger partial charge < -0.3 is 29.4 Å². The zero-order chi connectivity index (χ0) is 27.0. The number of carbonyl (C=O) groups is 4. The van der Waals surface area contributed by atoms with Crippen LogP contribution in [0.1, 0.15) is 61.0 Å². The summed E-state index contributed by atoms with van der Waals surface area (Å²) in [5.41, 5.74) is -1.08. The van der Waals surface area contributed by atoms with Crippen molar-refractivity contribution in [3.05, 3.63) is 23.8 Å². The van der Waals surface area contributed by atoms with E-state index in [1.807, 2.05) is 0 Å². The molecule has 0 fully saturated rings. The molecule has 0 spiro atoms. The number of aliphatic carboxylic acids is 1. The lowest BCUT2D eigenvalue weighted by Gasteiger charge is -2.21. The third-order valence-corrected chi connectivity index (χ3v) is 4.59. The second-order valence-corrected chi connectivity index (χ2v) is 10.2. The molecule has 0 saturated carbocycles. The minimum absolute atomic E-state index is 0.0168. The first-order chi connectivity index (χ1) is 16.0. The molecule has 0 aromatic heterocycles. The molecule has 0 saturated heterocycles. The molecule has 0 aliphatic heterocycles. The molecule has 0 heterocycles. The highest BCUT2D eigenvalue weighted by molar-refractivity contribution is 5.81. The van der Waals surface area contributed by atoms with E-state index in [1.165, 1.54) is 12.1 Å². The number of ether oxygens (including phenoxy) is 4.